The third-order valence-electron chi connectivity index (χ3n) is 2.62. The number of nitrogens with zero attached hydrogens (tertiary/aromatic N) is 1. The molecule has 1 fully saturated rings. The van der Waals surface area contributed by atoms with E-state index in [1.54, 1.807) is 6.92 Å². The molecule has 5 heteroatoms. The molecular weight excluding hydrogens is 208 g/mol. The quantitative estimate of drug-likeness (QED) is 0.644. The fourth-order valence-corrected chi connectivity index (χ4v) is 1.81. The molecule has 1 unspecified atom stereocenters. The first-order valence-corrected chi connectivity index (χ1v) is 5.77. The number of ketones is 1. The molecule has 16 heavy (non-hydrogen) atoms. The second-order valence-electron chi connectivity index (χ2n) is 4.13. The van der Waals surface area contributed by atoms with Crippen molar-refractivity contribution < 1.29 is 14.3 Å². The summed E-state index contributed by atoms with van der Waals surface area (Å²) in [6.07, 6.45) is 1.41. The summed E-state index contributed by atoms with van der Waals surface area (Å²) in [6.45, 7) is 4.20. The maximum absolute atomic E-state index is 11.5. The van der Waals surface area contributed by atoms with Gasteiger partial charge in [-0.25, -0.2) is 0 Å². The van der Waals surface area contributed by atoms with Crippen LogP contribution in [0.25, 0.3) is 0 Å². The summed E-state index contributed by atoms with van der Waals surface area (Å²) in [5.74, 6) is -0.212. The lowest BCUT2D eigenvalue weighted by Crippen LogP contribution is -2.31. The Morgan fingerprint density at radius 2 is 2.19 bits per heavy atom. The van der Waals surface area contributed by atoms with Crippen LogP contribution in [0.15, 0.2) is 0 Å². The lowest BCUT2D eigenvalue weighted by atomic mass is 10.2. The van der Waals surface area contributed by atoms with Crippen LogP contribution >= 0.6 is 0 Å². The molecule has 1 aliphatic rings. The number of rotatable bonds is 6. The predicted molar refractivity (Wildman–Crippen MR) is 59.9 cm³/mol. The summed E-state index contributed by atoms with van der Waals surface area (Å²) in [7, 11) is 0. The Balaban J connectivity index is 2.13. The van der Waals surface area contributed by atoms with E-state index >= 15 is 0 Å². The first kappa shape index (κ1) is 13.1. The number of esters is 1. The highest BCUT2D eigenvalue weighted by Crippen LogP contribution is 2.07. The molecule has 5 nitrogen and oxygen atoms in total. The molecule has 1 atom stereocenters. The van der Waals surface area contributed by atoms with Crippen molar-refractivity contribution in [3.8, 4) is 0 Å². The van der Waals surface area contributed by atoms with Crippen molar-refractivity contribution in [2.75, 3.05) is 26.2 Å². The van der Waals surface area contributed by atoms with Crippen LogP contribution in [0.2, 0.25) is 0 Å². The molecule has 0 amide bonds. The van der Waals surface area contributed by atoms with Crippen LogP contribution in [-0.2, 0) is 14.3 Å². The zero-order valence-electron chi connectivity index (χ0n) is 9.78. The van der Waals surface area contributed by atoms with Crippen molar-refractivity contribution in [3.05, 3.63) is 0 Å². The third-order valence-corrected chi connectivity index (χ3v) is 2.62. The zero-order valence-corrected chi connectivity index (χ0v) is 9.78. The highest BCUT2D eigenvalue weighted by atomic mass is 16.5. The molecule has 1 rings (SSSR count). The number of nitrogens with two attached hydrogens (primary N) is 1. The first-order chi connectivity index (χ1) is 7.61. The maximum Gasteiger partial charge on any atom is 0.306 e. The Labute approximate surface area is 95.9 Å². The van der Waals surface area contributed by atoms with E-state index in [4.69, 9.17) is 10.5 Å². The SMILES string of the molecule is CCOC(=O)CCC(=O)CN1CCC(N)C1. The van der Waals surface area contributed by atoms with Gasteiger partial charge in [0.15, 0.2) is 0 Å². The van der Waals surface area contributed by atoms with E-state index in [0.29, 0.717) is 13.2 Å². The van der Waals surface area contributed by atoms with Crippen LogP contribution in [0.3, 0.4) is 0 Å². The van der Waals surface area contributed by atoms with E-state index in [2.05, 4.69) is 0 Å². The number of likely N-dealkylation sites (tertiary alicyclic amines) is 1. The molecule has 92 valence electrons. The average Bonchev–Trinajstić information content (AvgIpc) is 2.61. The van der Waals surface area contributed by atoms with Crippen molar-refractivity contribution in [1.29, 1.82) is 0 Å². The highest BCUT2D eigenvalue weighted by Gasteiger charge is 2.21. The smallest absolute Gasteiger partial charge is 0.306 e. The molecule has 2 N–H and O–H groups in total. The van der Waals surface area contributed by atoms with Gasteiger partial charge in [-0.05, 0) is 13.3 Å². The Kier molecular flexibility index (Phi) is 5.42. The van der Waals surface area contributed by atoms with Gasteiger partial charge < -0.3 is 10.5 Å². The van der Waals surface area contributed by atoms with E-state index in [1.165, 1.54) is 0 Å². The molecule has 0 aliphatic carbocycles. The van der Waals surface area contributed by atoms with E-state index in [9.17, 15) is 9.59 Å². The Bertz CT molecular complexity index is 256. The van der Waals surface area contributed by atoms with Gasteiger partial charge in [-0.15, -0.1) is 0 Å². The van der Waals surface area contributed by atoms with Gasteiger partial charge in [0.25, 0.3) is 0 Å². The Morgan fingerprint density at radius 3 is 2.75 bits per heavy atom. The van der Waals surface area contributed by atoms with Crippen LogP contribution in [-0.4, -0.2) is 48.9 Å². The summed E-state index contributed by atoms with van der Waals surface area (Å²) in [4.78, 5) is 24.6. The lowest BCUT2D eigenvalue weighted by molar-refractivity contribution is -0.144. The molecule has 1 heterocycles. The normalized spacial score (nSPS) is 21.0. The number of carbonyl (C=O) groups excluding carboxylic acids is 2. The lowest BCUT2D eigenvalue weighted by Gasteiger charge is -2.13. The fourth-order valence-electron chi connectivity index (χ4n) is 1.81. The highest BCUT2D eigenvalue weighted by molar-refractivity contribution is 5.84. The Hall–Kier alpha value is -0.940. The number of hydrogen-bond donors (Lipinski definition) is 1. The van der Waals surface area contributed by atoms with Crippen molar-refractivity contribution in [1.82, 2.24) is 4.90 Å². The van der Waals surface area contributed by atoms with Crippen molar-refractivity contribution in [3.63, 3.8) is 0 Å². The second kappa shape index (κ2) is 6.60. The molecule has 0 bridgehead atoms. The molecule has 1 aliphatic heterocycles. The van der Waals surface area contributed by atoms with E-state index in [-0.39, 0.29) is 30.6 Å². The van der Waals surface area contributed by atoms with Crippen LogP contribution in [0, 0.1) is 0 Å². The third kappa shape index (κ3) is 4.72. The number of Topliss-reactive ketones (excluding diaryl/α,β-unsaturated/α-hetero) is 1. The molecule has 0 aromatic rings. The summed E-state index contributed by atoms with van der Waals surface area (Å²) >= 11 is 0. The fraction of sp³-hybridized carbons (Fsp3) is 0.818. The minimum absolute atomic E-state index is 0.0853. The average molecular weight is 228 g/mol. The molecule has 0 radical (unpaired) electrons. The van der Waals surface area contributed by atoms with Gasteiger partial charge in [0, 0.05) is 25.6 Å². The summed E-state index contributed by atoms with van der Waals surface area (Å²) in [5, 5.41) is 0. The van der Waals surface area contributed by atoms with Gasteiger partial charge in [0.1, 0.15) is 5.78 Å². The van der Waals surface area contributed by atoms with Gasteiger partial charge in [0.2, 0.25) is 0 Å². The number of ether oxygens (including phenoxy) is 1. The van der Waals surface area contributed by atoms with Gasteiger partial charge in [-0.1, -0.05) is 0 Å². The summed E-state index contributed by atoms with van der Waals surface area (Å²) in [6, 6.07) is 0.192. The number of carbonyl (C=O) groups is 2. The molecule has 0 aromatic heterocycles. The van der Waals surface area contributed by atoms with Crippen LogP contribution in [0.4, 0.5) is 0 Å². The van der Waals surface area contributed by atoms with Gasteiger partial charge in [0.05, 0.1) is 19.6 Å². The zero-order chi connectivity index (χ0) is 12.0. The molecule has 0 saturated carbocycles. The van der Waals surface area contributed by atoms with Gasteiger partial charge in [-0.3, -0.25) is 14.5 Å². The van der Waals surface area contributed by atoms with E-state index < -0.39 is 0 Å². The Morgan fingerprint density at radius 1 is 1.44 bits per heavy atom. The maximum atomic E-state index is 11.5. The summed E-state index contributed by atoms with van der Waals surface area (Å²) < 4.78 is 4.75. The molecule has 1 saturated heterocycles. The van der Waals surface area contributed by atoms with Crippen LogP contribution in [0.5, 0.6) is 0 Å². The number of hydrogen-bond acceptors (Lipinski definition) is 5. The van der Waals surface area contributed by atoms with Gasteiger partial charge in [-0.2, -0.15) is 0 Å². The largest absolute Gasteiger partial charge is 0.466 e. The van der Waals surface area contributed by atoms with E-state index in [1.807, 2.05) is 4.90 Å². The first-order valence-electron chi connectivity index (χ1n) is 5.77. The van der Waals surface area contributed by atoms with Crippen LogP contribution in [0.1, 0.15) is 26.2 Å². The minimum Gasteiger partial charge on any atom is -0.466 e. The standard InChI is InChI=1S/C11H20N2O3/c1-2-16-11(15)4-3-10(14)8-13-6-5-9(12)7-13/h9H,2-8,12H2,1H3. The predicted octanol–water partition coefficient (Wildman–Crippen LogP) is -0.0682. The van der Waals surface area contributed by atoms with Crippen molar-refractivity contribution in [2.24, 2.45) is 5.73 Å². The minimum atomic E-state index is -0.297. The van der Waals surface area contributed by atoms with E-state index in [0.717, 1.165) is 19.5 Å². The molecular formula is C11H20N2O3. The monoisotopic (exact) mass is 228 g/mol. The van der Waals surface area contributed by atoms with Crippen LogP contribution < -0.4 is 5.73 Å². The van der Waals surface area contributed by atoms with Gasteiger partial charge >= 0.3 is 5.97 Å². The van der Waals surface area contributed by atoms with Crippen molar-refractivity contribution >= 4 is 11.8 Å². The summed E-state index contributed by atoms with van der Waals surface area (Å²) in [5.41, 5.74) is 5.74. The topological polar surface area (TPSA) is 72.6 Å². The second-order valence-corrected chi connectivity index (χ2v) is 4.13. The van der Waals surface area contributed by atoms with Crippen molar-refractivity contribution in [2.45, 2.75) is 32.2 Å². The molecule has 0 spiro atoms. The molecule has 0 aromatic carbocycles.